The highest BCUT2D eigenvalue weighted by atomic mass is 79.9. The van der Waals surface area contributed by atoms with Gasteiger partial charge in [0.25, 0.3) is 0 Å². The standard InChI is InChI=1S/C7H13BrO3/c1-7(2,3)11-4-5(8)6(9)10/h5H,4H2,1-3H3,(H,9,10)/t5-/m1/s1. The van der Waals surface area contributed by atoms with Gasteiger partial charge < -0.3 is 9.84 Å². The van der Waals surface area contributed by atoms with E-state index in [0.29, 0.717) is 0 Å². The molecule has 0 radical (unpaired) electrons. The third-order valence-corrected chi connectivity index (χ3v) is 1.59. The summed E-state index contributed by atoms with van der Waals surface area (Å²) in [4.78, 5) is 9.68. The predicted octanol–water partition coefficient (Wildman–Crippen LogP) is 1.65. The van der Waals surface area contributed by atoms with E-state index in [4.69, 9.17) is 9.84 Å². The molecule has 0 amide bonds. The molecular formula is C7H13BrO3. The van der Waals surface area contributed by atoms with Crippen molar-refractivity contribution in [2.24, 2.45) is 0 Å². The second kappa shape index (κ2) is 4.07. The van der Waals surface area contributed by atoms with Gasteiger partial charge in [0.2, 0.25) is 0 Å². The Morgan fingerprint density at radius 2 is 2.09 bits per heavy atom. The fourth-order valence-corrected chi connectivity index (χ4v) is 0.527. The summed E-state index contributed by atoms with van der Waals surface area (Å²) in [5.74, 6) is -0.894. The highest BCUT2D eigenvalue weighted by Crippen LogP contribution is 2.10. The molecule has 0 aliphatic carbocycles. The summed E-state index contributed by atoms with van der Waals surface area (Å²) in [7, 11) is 0. The zero-order chi connectivity index (χ0) is 9.07. The van der Waals surface area contributed by atoms with Crippen molar-refractivity contribution < 1.29 is 14.6 Å². The molecule has 1 N–H and O–H groups in total. The van der Waals surface area contributed by atoms with Crippen molar-refractivity contribution in [3.63, 3.8) is 0 Å². The SMILES string of the molecule is CC(C)(C)OC[C@@H](Br)C(=O)O. The summed E-state index contributed by atoms with van der Waals surface area (Å²) < 4.78 is 5.22. The Morgan fingerprint density at radius 1 is 1.64 bits per heavy atom. The Kier molecular flexibility index (Phi) is 4.03. The molecule has 0 fully saturated rings. The summed E-state index contributed by atoms with van der Waals surface area (Å²) in [6, 6.07) is 0. The number of carboxylic acid groups (broad SMARTS) is 1. The van der Waals surface area contributed by atoms with E-state index in [2.05, 4.69) is 15.9 Å². The Labute approximate surface area is 74.9 Å². The maximum atomic E-state index is 10.3. The van der Waals surface area contributed by atoms with Crippen molar-refractivity contribution in [3.05, 3.63) is 0 Å². The lowest BCUT2D eigenvalue weighted by molar-refractivity contribution is -0.138. The molecule has 0 aromatic carbocycles. The average Bonchev–Trinajstić information content (AvgIpc) is 1.80. The number of aliphatic carboxylic acids is 1. The van der Waals surface area contributed by atoms with Gasteiger partial charge in [-0.3, -0.25) is 4.79 Å². The van der Waals surface area contributed by atoms with Crippen molar-refractivity contribution in [1.29, 1.82) is 0 Å². The summed E-state index contributed by atoms with van der Waals surface area (Å²) in [5, 5.41) is 8.45. The van der Waals surface area contributed by atoms with E-state index in [1.54, 1.807) is 0 Å². The van der Waals surface area contributed by atoms with Gasteiger partial charge in [-0.25, -0.2) is 0 Å². The second-order valence-corrected chi connectivity index (χ2v) is 4.33. The predicted molar refractivity (Wildman–Crippen MR) is 46.1 cm³/mol. The number of halogens is 1. The van der Waals surface area contributed by atoms with Crippen LogP contribution in [0.25, 0.3) is 0 Å². The average molecular weight is 225 g/mol. The molecule has 0 heterocycles. The monoisotopic (exact) mass is 224 g/mol. The van der Waals surface area contributed by atoms with Gasteiger partial charge in [-0.05, 0) is 20.8 Å². The molecule has 11 heavy (non-hydrogen) atoms. The molecule has 0 unspecified atom stereocenters. The summed E-state index contributed by atoms with van der Waals surface area (Å²) >= 11 is 2.97. The fraction of sp³-hybridized carbons (Fsp3) is 0.857. The minimum absolute atomic E-state index is 0.193. The molecule has 0 spiro atoms. The van der Waals surface area contributed by atoms with E-state index in [1.165, 1.54) is 0 Å². The van der Waals surface area contributed by atoms with Crippen LogP contribution in [0.5, 0.6) is 0 Å². The van der Waals surface area contributed by atoms with E-state index in [1.807, 2.05) is 20.8 Å². The number of carbonyl (C=O) groups is 1. The number of hydrogen-bond donors (Lipinski definition) is 1. The number of alkyl halides is 1. The number of rotatable bonds is 3. The van der Waals surface area contributed by atoms with Crippen LogP contribution in [-0.4, -0.2) is 28.1 Å². The Balaban J connectivity index is 3.63. The molecule has 0 rings (SSSR count). The molecule has 0 saturated heterocycles. The Bertz CT molecular complexity index is 139. The van der Waals surface area contributed by atoms with E-state index in [0.717, 1.165) is 0 Å². The van der Waals surface area contributed by atoms with E-state index >= 15 is 0 Å². The second-order valence-electron chi connectivity index (χ2n) is 3.23. The van der Waals surface area contributed by atoms with Crippen LogP contribution in [-0.2, 0) is 9.53 Å². The zero-order valence-corrected chi connectivity index (χ0v) is 8.51. The molecule has 0 aliphatic heterocycles. The van der Waals surface area contributed by atoms with Crippen molar-refractivity contribution in [3.8, 4) is 0 Å². The van der Waals surface area contributed by atoms with E-state index in [-0.39, 0.29) is 12.2 Å². The molecule has 0 aromatic rings. The van der Waals surface area contributed by atoms with Gasteiger partial charge in [0.1, 0.15) is 4.83 Å². The highest BCUT2D eigenvalue weighted by Gasteiger charge is 2.17. The minimum atomic E-state index is -0.894. The first-order chi connectivity index (χ1) is 4.83. The normalized spacial score (nSPS) is 14.5. The molecular weight excluding hydrogens is 212 g/mol. The van der Waals surface area contributed by atoms with Gasteiger partial charge in [-0.2, -0.15) is 0 Å². The largest absolute Gasteiger partial charge is 0.480 e. The smallest absolute Gasteiger partial charge is 0.319 e. The topological polar surface area (TPSA) is 46.5 Å². The molecule has 3 nitrogen and oxygen atoms in total. The third-order valence-electron chi connectivity index (χ3n) is 0.931. The maximum Gasteiger partial charge on any atom is 0.319 e. The van der Waals surface area contributed by atoms with Crippen LogP contribution in [0.3, 0.4) is 0 Å². The van der Waals surface area contributed by atoms with Crippen molar-refractivity contribution in [2.45, 2.75) is 31.2 Å². The Hall–Kier alpha value is -0.0900. The van der Waals surface area contributed by atoms with Gasteiger partial charge in [0.05, 0.1) is 12.2 Å². The van der Waals surface area contributed by atoms with Crippen LogP contribution in [0.2, 0.25) is 0 Å². The first-order valence-corrected chi connectivity index (χ1v) is 4.25. The summed E-state index contributed by atoms with van der Waals surface area (Å²) in [5.41, 5.74) is -0.276. The molecule has 66 valence electrons. The van der Waals surface area contributed by atoms with Gasteiger partial charge >= 0.3 is 5.97 Å². The van der Waals surface area contributed by atoms with Crippen LogP contribution in [0.1, 0.15) is 20.8 Å². The van der Waals surface area contributed by atoms with Gasteiger partial charge in [-0.15, -0.1) is 0 Å². The molecule has 0 bridgehead atoms. The summed E-state index contributed by atoms with van der Waals surface area (Å²) in [6.45, 7) is 5.84. The van der Waals surface area contributed by atoms with Crippen LogP contribution in [0.4, 0.5) is 0 Å². The Morgan fingerprint density at radius 3 is 2.36 bits per heavy atom. The van der Waals surface area contributed by atoms with Crippen molar-refractivity contribution in [2.75, 3.05) is 6.61 Å². The van der Waals surface area contributed by atoms with Gasteiger partial charge in [0, 0.05) is 0 Å². The van der Waals surface area contributed by atoms with Gasteiger partial charge in [-0.1, -0.05) is 15.9 Å². The fourth-order valence-electron chi connectivity index (χ4n) is 0.394. The van der Waals surface area contributed by atoms with Crippen LogP contribution < -0.4 is 0 Å². The minimum Gasteiger partial charge on any atom is -0.480 e. The van der Waals surface area contributed by atoms with Crippen molar-refractivity contribution >= 4 is 21.9 Å². The van der Waals surface area contributed by atoms with Crippen LogP contribution in [0, 0.1) is 0 Å². The van der Waals surface area contributed by atoms with Crippen LogP contribution >= 0.6 is 15.9 Å². The third kappa shape index (κ3) is 6.31. The quantitative estimate of drug-likeness (QED) is 0.743. The number of ether oxygens (including phenoxy) is 1. The van der Waals surface area contributed by atoms with Crippen LogP contribution in [0.15, 0.2) is 0 Å². The zero-order valence-electron chi connectivity index (χ0n) is 6.93. The molecule has 4 heteroatoms. The molecule has 1 atom stereocenters. The lowest BCUT2D eigenvalue weighted by Gasteiger charge is -2.20. The van der Waals surface area contributed by atoms with Gasteiger partial charge in [0.15, 0.2) is 0 Å². The summed E-state index contributed by atoms with van der Waals surface area (Å²) in [6.07, 6.45) is 0. The van der Waals surface area contributed by atoms with Crippen molar-refractivity contribution in [1.82, 2.24) is 0 Å². The van der Waals surface area contributed by atoms with E-state index < -0.39 is 10.8 Å². The first-order valence-electron chi connectivity index (χ1n) is 3.34. The molecule has 0 saturated carbocycles. The maximum absolute atomic E-state index is 10.3. The van der Waals surface area contributed by atoms with E-state index in [9.17, 15) is 4.79 Å². The highest BCUT2D eigenvalue weighted by molar-refractivity contribution is 9.10. The number of carboxylic acids is 1. The molecule has 0 aromatic heterocycles. The lowest BCUT2D eigenvalue weighted by Crippen LogP contribution is -2.27. The lowest BCUT2D eigenvalue weighted by atomic mass is 10.2. The number of hydrogen-bond acceptors (Lipinski definition) is 2. The molecule has 0 aliphatic rings. The first kappa shape index (κ1) is 10.9.